The summed E-state index contributed by atoms with van der Waals surface area (Å²) >= 11 is 1.43. The summed E-state index contributed by atoms with van der Waals surface area (Å²) in [5, 5.41) is 12.8. The summed E-state index contributed by atoms with van der Waals surface area (Å²) in [5.41, 5.74) is 5.87. The molecule has 0 aliphatic heterocycles. The van der Waals surface area contributed by atoms with E-state index in [2.05, 4.69) is 17.2 Å². The highest BCUT2D eigenvalue weighted by molar-refractivity contribution is 7.12. The van der Waals surface area contributed by atoms with Crippen LogP contribution in [0.3, 0.4) is 0 Å². The van der Waals surface area contributed by atoms with E-state index in [1.54, 1.807) is 6.92 Å². The maximum Gasteiger partial charge on any atom is 0.313 e. The molecule has 0 radical (unpaired) electrons. The SMILES string of the molecule is CC(C#Cc1ccc(C(O)c2ccccc2)s1)NC(N)=O. The summed E-state index contributed by atoms with van der Waals surface area (Å²) in [7, 11) is 0. The van der Waals surface area contributed by atoms with Crippen LogP contribution in [0, 0.1) is 11.8 Å². The van der Waals surface area contributed by atoms with Gasteiger partial charge in [-0.15, -0.1) is 11.3 Å². The molecule has 4 nitrogen and oxygen atoms in total. The zero-order valence-electron chi connectivity index (χ0n) is 11.5. The van der Waals surface area contributed by atoms with Crippen molar-refractivity contribution in [3.63, 3.8) is 0 Å². The zero-order valence-corrected chi connectivity index (χ0v) is 12.4. The van der Waals surface area contributed by atoms with Gasteiger partial charge in [0.05, 0.1) is 10.9 Å². The lowest BCUT2D eigenvalue weighted by molar-refractivity contribution is 0.224. The molecule has 2 atom stereocenters. The average Bonchev–Trinajstić information content (AvgIpc) is 2.93. The van der Waals surface area contributed by atoms with E-state index in [0.717, 1.165) is 15.3 Å². The molecule has 0 aliphatic carbocycles. The molecule has 1 aromatic carbocycles. The number of aliphatic hydroxyl groups is 1. The number of hydrogen-bond donors (Lipinski definition) is 3. The van der Waals surface area contributed by atoms with Crippen LogP contribution in [0.4, 0.5) is 4.79 Å². The smallest absolute Gasteiger partial charge is 0.313 e. The van der Waals surface area contributed by atoms with Crippen molar-refractivity contribution in [3.8, 4) is 11.8 Å². The molecule has 0 aliphatic rings. The molecule has 2 aromatic rings. The number of carbonyl (C=O) groups is 1. The number of urea groups is 1. The standard InChI is InChI=1S/C16H16N2O2S/c1-11(18-16(17)20)7-8-13-9-10-14(21-13)15(19)12-5-3-2-4-6-12/h2-6,9-11,15,19H,1H3,(H3,17,18,20). The number of benzene rings is 1. The van der Waals surface area contributed by atoms with Gasteiger partial charge >= 0.3 is 6.03 Å². The van der Waals surface area contributed by atoms with E-state index in [9.17, 15) is 9.90 Å². The van der Waals surface area contributed by atoms with Crippen molar-refractivity contribution in [2.24, 2.45) is 5.73 Å². The third kappa shape index (κ3) is 4.35. The third-order valence-corrected chi connectivity index (χ3v) is 3.84. The average molecular weight is 300 g/mol. The molecule has 108 valence electrons. The van der Waals surface area contributed by atoms with Gasteiger partial charge < -0.3 is 16.2 Å². The van der Waals surface area contributed by atoms with Gasteiger partial charge in [-0.3, -0.25) is 0 Å². The van der Waals surface area contributed by atoms with Crippen molar-refractivity contribution in [2.75, 3.05) is 0 Å². The fourth-order valence-electron chi connectivity index (χ4n) is 1.80. The summed E-state index contributed by atoms with van der Waals surface area (Å²) in [6.07, 6.45) is -0.645. The number of nitrogens with two attached hydrogens (primary N) is 1. The highest BCUT2D eigenvalue weighted by atomic mass is 32.1. The maximum absolute atomic E-state index is 10.7. The van der Waals surface area contributed by atoms with Gasteiger partial charge in [-0.25, -0.2) is 4.79 Å². The van der Waals surface area contributed by atoms with Crippen LogP contribution in [-0.2, 0) is 0 Å². The molecule has 0 bridgehead atoms. The summed E-state index contributed by atoms with van der Waals surface area (Å²) in [5.74, 6) is 5.85. The molecule has 2 unspecified atom stereocenters. The largest absolute Gasteiger partial charge is 0.383 e. The molecule has 4 N–H and O–H groups in total. The van der Waals surface area contributed by atoms with Crippen molar-refractivity contribution >= 4 is 17.4 Å². The summed E-state index contributed by atoms with van der Waals surface area (Å²) in [4.78, 5) is 12.4. The van der Waals surface area contributed by atoms with Crippen LogP contribution in [0.25, 0.3) is 0 Å². The van der Waals surface area contributed by atoms with Gasteiger partial charge in [0.1, 0.15) is 6.10 Å². The first-order valence-electron chi connectivity index (χ1n) is 6.46. The minimum atomic E-state index is -0.645. The Labute approximate surface area is 127 Å². The van der Waals surface area contributed by atoms with Gasteiger partial charge in [0.2, 0.25) is 0 Å². The Morgan fingerprint density at radius 2 is 2.00 bits per heavy atom. The van der Waals surface area contributed by atoms with Crippen molar-refractivity contribution < 1.29 is 9.90 Å². The van der Waals surface area contributed by atoms with Gasteiger partial charge in [-0.1, -0.05) is 42.2 Å². The molecule has 1 aromatic heterocycles. The number of amides is 2. The Balaban J connectivity index is 2.08. The number of nitrogens with one attached hydrogen (secondary N) is 1. The molecule has 2 amide bonds. The molecule has 0 saturated carbocycles. The van der Waals surface area contributed by atoms with Crippen molar-refractivity contribution in [1.82, 2.24) is 5.32 Å². The molecule has 1 heterocycles. The fraction of sp³-hybridized carbons (Fsp3) is 0.188. The van der Waals surface area contributed by atoms with E-state index in [1.807, 2.05) is 42.5 Å². The lowest BCUT2D eigenvalue weighted by atomic mass is 10.1. The summed E-state index contributed by atoms with van der Waals surface area (Å²) < 4.78 is 0. The topological polar surface area (TPSA) is 75.3 Å². The van der Waals surface area contributed by atoms with E-state index in [4.69, 9.17) is 5.73 Å². The first-order chi connectivity index (χ1) is 10.1. The number of thiophene rings is 1. The van der Waals surface area contributed by atoms with E-state index in [-0.39, 0.29) is 6.04 Å². The van der Waals surface area contributed by atoms with Gasteiger partial charge in [0.15, 0.2) is 0 Å². The van der Waals surface area contributed by atoms with Crippen molar-refractivity contribution in [3.05, 3.63) is 57.8 Å². The van der Waals surface area contributed by atoms with E-state index in [1.165, 1.54) is 11.3 Å². The predicted octanol–water partition coefficient (Wildman–Crippen LogP) is 2.24. The van der Waals surface area contributed by atoms with Crippen LogP contribution < -0.4 is 11.1 Å². The van der Waals surface area contributed by atoms with Crippen molar-refractivity contribution in [1.29, 1.82) is 0 Å². The second-order valence-electron chi connectivity index (χ2n) is 4.51. The third-order valence-electron chi connectivity index (χ3n) is 2.78. The van der Waals surface area contributed by atoms with Gasteiger partial charge in [-0.2, -0.15) is 0 Å². The molecule has 21 heavy (non-hydrogen) atoms. The molecule has 0 spiro atoms. The van der Waals surface area contributed by atoms with Crippen LogP contribution in [0.15, 0.2) is 42.5 Å². The number of hydrogen-bond acceptors (Lipinski definition) is 3. The van der Waals surface area contributed by atoms with E-state index >= 15 is 0 Å². The minimum Gasteiger partial charge on any atom is -0.383 e. The van der Waals surface area contributed by atoms with Gasteiger partial charge in [0, 0.05) is 4.88 Å². The lowest BCUT2D eigenvalue weighted by Crippen LogP contribution is -2.35. The monoisotopic (exact) mass is 300 g/mol. The highest BCUT2D eigenvalue weighted by Crippen LogP contribution is 2.27. The van der Waals surface area contributed by atoms with Crippen LogP contribution in [0.5, 0.6) is 0 Å². The Bertz CT molecular complexity index is 670. The van der Waals surface area contributed by atoms with Gasteiger partial charge in [-0.05, 0) is 24.6 Å². The Kier molecular flexibility index (Phi) is 4.99. The van der Waals surface area contributed by atoms with Crippen LogP contribution in [0.1, 0.15) is 28.3 Å². The van der Waals surface area contributed by atoms with Crippen LogP contribution >= 0.6 is 11.3 Å². The maximum atomic E-state index is 10.7. The van der Waals surface area contributed by atoms with Crippen LogP contribution in [-0.4, -0.2) is 17.2 Å². The molecule has 2 rings (SSSR count). The van der Waals surface area contributed by atoms with Gasteiger partial charge in [0.25, 0.3) is 0 Å². The highest BCUT2D eigenvalue weighted by Gasteiger charge is 2.12. The number of carbonyl (C=O) groups excluding carboxylic acids is 1. The molecule has 0 fully saturated rings. The fourth-order valence-corrected chi connectivity index (χ4v) is 2.68. The normalized spacial score (nSPS) is 12.9. The Hall–Kier alpha value is -2.29. The first kappa shape index (κ1) is 15.1. The molecular formula is C16H16N2O2S. The molecular weight excluding hydrogens is 284 g/mol. The van der Waals surface area contributed by atoms with E-state index in [0.29, 0.717) is 0 Å². The number of aliphatic hydroxyl groups excluding tert-OH is 1. The Morgan fingerprint density at radius 3 is 2.67 bits per heavy atom. The number of rotatable bonds is 3. The second kappa shape index (κ2) is 6.93. The lowest BCUT2D eigenvalue weighted by Gasteiger charge is -2.07. The zero-order chi connectivity index (χ0) is 15.2. The molecule has 5 heteroatoms. The van der Waals surface area contributed by atoms with E-state index < -0.39 is 12.1 Å². The van der Waals surface area contributed by atoms with Crippen molar-refractivity contribution in [2.45, 2.75) is 19.1 Å². The minimum absolute atomic E-state index is 0.313. The summed E-state index contributed by atoms with van der Waals surface area (Å²) in [6.45, 7) is 1.76. The Morgan fingerprint density at radius 1 is 1.29 bits per heavy atom. The second-order valence-corrected chi connectivity index (χ2v) is 5.63. The van der Waals surface area contributed by atoms with Crippen LogP contribution in [0.2, 0.25) is 0 Å². The first-order valence-corrected chi connectivity index (χ1v) is 7.28. The predicted molar refractivity (Wildman–Crippen MR) is 83.9 cm³/mol. The summed E-state index contributed by atoms with van der Waals surface area (Å²) in [6, 6.07) is 12.3. The quantitative estimate of drug-likeness (QED) is 0.760. The molecule has 0 saturated heterocycles. The number of primary amides is 1.